The molecule has 0 aromatic carbocycles. The second-order valence-corrected chi connectivity index (χ2v) is 6.00. The maximum absolute atomic E-state index is 12.1. The van der Waals surface area contributed by atoms with Crippen molar-refractivity contribution in [2.45, 2.75) is 58.4 Å². The molecule has 0 spiro atoms. The Bertz CT molecular complexity index is 247. The van der Waals surface area contributed by atoms with Crippen LogP contribution in [-0.4, -0.2) is 24.9 Å². The summed E-state index contributed by atoms with van der Waals surface area (Å²) in [5.74, 6) is 0.375. The van der Waals surface area contributed by atoms with E-state index in [1.807, 2.05) is 0 Å². The van der Waals surface area contributed by atoms with Crippen LogP contribution in [0.2, 0.25) is 0 Å². The van der Waals surface area contributed by atoms with Gasteiger partial charge in [0.25, 0.3) is 0 Å². The Morgan fingerprint density at radius 2 is 1.76 bits per heavy atom. The van der Waals surface area contributed by atoms with Crippen LogP contribution in [0.4, 0.5) is 13.2 Å². The summed E-state index contributed by atoms with van der Waals surface area (Å²) >= 11 is 0. The molecule has 1 fully saturated rings. The van der Waals surface area contributed by atoms with Gasteiger partial charge in [0.1, 0.15) is 6.61 Å². The predicted molar refractivity (Wildman–Crippen MR) is 60.6 cm³/mol. The second-order valence-electron chi connectivity index (χ2n) is 6.00. The molecule has 3 unspecified atom stereocenters. The lowest BCUT2D eigenvalue weighted by Gasteiger charge is -2.40. The molecule has 0 bridgehead atoms. The van der Waals surface area contributed by atoms with Gasteiger partial charge in [0.15, 0.2) is 0 Å². The van der Waals surface area contributed by atoms with E-state index in [9.17, 15) is 13.2 Å². The molecule has 1 aliphatic rings. The predicted octanol–water partition coefficient (Wildman–Crippen LogP) is 3.11. The topological polar surface area (TPSA) is 35.2 Å². The van der Waals surface area contributed by atoms with Gasteiger partial charge in [-0.3, -0.25) is 0 Å². The van der Waals surface area contributed by atoms with Gasteiger partial charge in [0, 0.05) is 6.04 Å². The van der Waals surface area contributed by atoms with Crippen molar-refractivity contribution in [1.29, 1.82) is 0 Å². The Morgan fingerprint density at radius 3 is 2.24 bits per heavy atom. The summed E-state index contributed by atoms with van der Waals surface area (Å²) in [5.41, 5.74) is 5.92. The molecule has 1 aliphatic carbocycles. The number of ether oxygens (including phenoxy) is 1. The van der Waals surface area contributed by atoms with Crippen molar-refractivity contribution in [1.82, 2.24) is 0 Å². The van der Waals surface area contributed by atoms with Crippen molar-refractivity contribution in [3.8, 4) is 0 Å². The third kappa shape index (κ3) is 4.84. The Labute approximate surface area is 101 Å². The molecule has 3 atom stereocenters. The molecule has 0 saturated heterocycles. The van der Waals surface area contributed by atoms with E-state index >= 15 is 0 Å². The minimum atomic E-state index is -4.27. The van der Waals surface area contributed by atoms with E-state index < -0.39 is 18.9 Å². The smallest absolute Gasteiger partial charge is 0.367 e. The lowest BCUT2D eigenvalue weighted by molar-refractivity contribution is -0.192. The quantitative estimate of drug-likeness (QED) is 0.820. The van der Waals surface area contributed by atoms with Crippen LogP contribution in [0.1, 0.15) is 40.0 Å². The minimum Gasteiger partial charge on any atom is -0.367 e. The molecule has 0 aromatic heterocycles. The van der Waals surface area contributed by atoms with Gasteiger partial charge in [-0.1, -0.05) is 20.8 Å². The van der Waals surface area contributed by atoms with Gasteiger partial charge >= 0.3 is 6.18 Å². The zero-order valence-corrected chi connectivity index (χ0v) is 10.7. The highest BCUT2D eigenvalue weighted by atomic mass is 19.4. The number of hydrogen-bond acceptors (Lipinski definition) is 2. The Kier molecular flexibility index (Phi) is 4.47. The van der Waals surface area contributed by atoms with E-state index in [1.165, 1.54) is 0 Å². The first-order chi connectivity index (χ1) is 7.59. The molecule has 0 heterocycles. The van der Waals surface area contributed by atoms with Crippen LogP contribution in [0, 0.1) is 11.3 Å². The van der Waals surface area contributed by atoms with Crippen molar-refractivity contribution in [2.24, 2.45) is 17.1 Å². The van der Waals surface area contributed by atoms with Gasteiger partial charge in [-0.25, -0.2) is 0 Å². The van der Waals surface area contributed by atoms with E-state index in [0.717, 1.165) is 12.8 Å². The highest BCUT2D eigenvalue weighted by Gasteiger charge is 2.37. The highest BCUT2D eigenvalue weighted by Crippen LogP contribution is 2.38. The average Bonchev–Trinajstić information content (AvgIpc) is 2.13. The van der Waals surface area contributed by atoms with Crippen molar-refractivity contribution in [3.05, 3.63) is 0 Å². The standard InChI is InChI=1S/C12H22F3NO/c1-11(2,3)8-4-5-9(16)10(6-8)17-7-12(13,14)15/h8-10H,4-7,16H2,1-3H3. The maximum Gasteiger partial charge on any atom is 0.411 e. The molecule has 1 saturated carbocycles. The molecule has 0 radical (unpaired) electrons. The van der Waals surface area contributed by atoms with Crippen LogP contribution in [0.5, 0.6) is 0 Å². The zero-order valence-electron chi connectivity index (χ0n) is 10.7. The third-order valence-corrected chi connectivity index (χ3v) is 3.53. The number of rotatable bonds is 2. The SMILES string of the molecule is CC(C)(C)C1CCC(N)C(OCC(F)(F)F)C1. The van der Waals surface area contributed by atoms with Crippen molar-refractivity contribution in [3.63, 3.8) is 0 Å². The normalized spacial score (nSPS) is 31.6. The third-order valence-electron chi connectivity index (χ3n) is 3.53. The minimum absolute atomic E-state index is 0.0972. The molecule has 2 nitrogen and oxygen atoms in total. The molecule has 1 rings (SSSR count). The van der Waals surface area contributed by atoms with E-state index in [0.29, 0.717) is 12.3 Å². The van der Waals surface area contributed by atoms with Gasteiger partial charge in [-0.05, 0) is 30.6 Å². The monoisotopic (exact) mass is 253 g/mol. The summed E-state index contributed by atoms with van der Waals surface area (Å²) in [6.45, 7) is 5.13. The molecule has 2 N–H and O–H groups in total. The second kappa shape index (κ2) is 5.14. The zero-order chi connectivity index (χ0) is 13.3. The summed E-state index contributed by atoms with van der Waals surface area (Å²) < 4.78 is 41.2. The van der Waals surface area contributed by atoms with Gasteiger partial charge in [0.2, 0.25) is 0 Å². The number of nitrogens with two attached hydrogens (primary N) is 1. The first-order valence-electron chi connectivity index (χ1n) is 6.03. The molecule has 0 amide bonds. The lowest BCUT2D eigenvalue weighted by Crippen LogP contribution is -2.45. The molecular formula is C12H22F3NO. The summed E-state index contributed by atoms with van der Waals surface area (Å²) in [6.07, 6.45) is -2.40. The fraction of sp³-hybridized carbons (Fsp3) is 1.00. The van der Waals surface area contributed by atoms with E-state index in [-0.39, 0.29) is 11.5 Å². The fourth-order valence-corrected chi connectivity index (χ4v) is 2.33. The van der Waals surface area contributed by atoms with Gasteiger partial charge in [0.05, 0.1) is 6.10 Å². The van der Waals surface area contributed by atoms with Crippen LogP contribution in [-0.2, 0) is 4.74 Å². The van der Waals surface area contributed by atoms with E-state index in [1.54, 1.807) is 0 Å². The molecule has 102 valence electrons. The number of halogens is 3. The Morgan fingerprint density at radius 1 is 1.18 bits per heavy atom. The summed E-state index contributed by atoms with van der Waals surface area (Å²) in [5, 5.41) is 0. The summed E-state index contributed by atoms with van der Waals surface area (Å²) in [7, 11) is 0. The first-order valence-corrected chi connectivity index (χ1v) is 6.03. The maximum atomic E-state index is 12.1. The van der Waals surface area contributed by atoms with Crippen molar-refractivity contribution in [2.75, 3.05) is 6.61 Å². The molecule has 0 aromatic rings. The molecule has 5 heteroatoms. The lowest BCUT2D eigenvalue weighted by atomic mass is 9.70. The van der Waals surface area contributed by atoms with Crippen molar-refractivity contribution < 1.29 is 17.9 Å². The summed E-state index contributed by atoms with van der Waals surface area (Å²) in [4.78, 5) is 0. The molecule has 0 aliphatic heterocycles. The highest BCUT2D eigenvalue weighted by molar-refractivity contribution is 4.88. The average molecular weight is 253 g/mol. The Hall–Kier alpha value is -0.290. The van der Waals surface area contributed by atoms with Crippen LogP contribution in [0.15, 0.2) is 0 Å². The van der Waals surface area contributed by atoms with Gasteiger partial charge < -0.3 is 10.5 Å². The van der Waals surface area contributed by atoms with Crippen molar-refractivity contribution >= 4 is 0 Å². The van der Waals surface area contributed by atoms with Crippen LogP contribution < -0.4 is 5.73 Å². The fourth-order valence-electron chi connectivity index (χ4n) is 2.33. The van der Waals surface area contributed by atoms with Gasteiger partial charge in [-0.2, -0.15) is 13.2 Å². The van der Waals surface area contributed by atoms with Crippen LogP contribution in [0.25, 0.3) is 0 Å². The molecule has 17 heavy (non-hydrogen) atoms. The van der Waals surface area contributed by atoms with E-state index in [2.05, 4.69) is 20.8 Å². The first kappa shape index (κ1) is 14.8. The van der Waals surface area contributed by atoms with Crippen LogP contribution >= 0.6 is 0 Å². The van der Waals surface area contributed by atoms with Crippen LogP contribution in [0.3, 0.4) is 0 Å². The Balaban J connectivity index is 2.52. The largest absolute Gasteiger partial charge is 0.411 e. The number of alkyl halides is 3. The molecular weight excluding hydrogens is 231 g/mol. The van der Waals surface area contributed by atoms with E-state index in [4.69, 9.17) is 10.5 Å². The number of hydrogen-bond donors (Lipinski definition) is 1. The van der Waals surface area contributed by atoms with Gasteiger partial charge in [-0.15, -0.1) is 0 Å². The summed E-state index contributed by atoms with van der Waals surface area (Å²) in [6, 6.07) is -0.268.